The lowest BCUT2D eigenvalue weighted by Crippen LogP contribution is -2.21. The summed E-state index contributed by atoms with van der Waals surface area (Å²) in [7, 11) is 0. The smallest absolute Gasteiger partial charge is 0.306 e. The Labute approximate surface area is 170 Å². The first-order valence-electron chi connectivity index (χ1n) is 8.61. The number of nitrogens with zero attached hydrogens (tertiary/aromatic N) is 2. The molecule has 1 N–H and O–H groups in total. The average molecular weight is 444 g/mol. The Bertz CT molecular complexity index is 973. The fraction of sp³-hybridized carbons (Fsp3) is 0.200. The third kappa shape index (κ3) is 5.50. The predicted molar refractivity (Wildman–Crippen MR) is 107 cm³/mol. The number of anilines is 1. The zero-order valence-electron chi connectivity index (χ0n) is 15.1. The van der Waals surface area contributed by atoms with Crippen LogP contribution in [0.15, 0.2) is 57.5 Å². The van der Waals surface area contributed by atoms with E-state index < -0.39 is 11.9 Å². The predicted octanol–water partition coefficient (Wildman–Crippen LogP) is 3.92. The van der Waals surface area contributed by atoms with E-state index in [-0.39, 0.29) is 19.4 Å². The number of ether oxygens (including phenoxy) is 1. The van der Waals surface area contributed by atoms with E-state index >= 15 is 0 Å². The number of hydrogen-bond donors (Lipinski definition) is 1. The summed E-state index contributed by atoms with van der Waals surface area (Å²) in [5.74, 6) is -0.107. The van der Waals surface area contributed by atoms with E-state index in [0.29, 0.717) is 17.4 Å². The molecule has 0 radical (unpaired) electrons. The maximum atomic E-state index is 11.9. The molecule has 28 heavy (non-hydrogen) atoms. The Kier molecular flexibility index (Phi) is 6.54. The van der Waals surface area contributed by atoms with Crippen molar-refractivity contribution in [2.24, 2.45) is 0 Å². The normalized spacial score (nSPS) is 10.5. The highest BCUT2D eigenvalue weighted by atomic mass is 79.9. The minimum Gasteiger partial charge on any atom is -0.456 e. The molecule has 0 spiro atoms. The summed E-state index contributed by atoms with van der Waals surface area (Å²) in [6.45, 7) is 1.52. The van der Waals surface area contributed by atoms with Gasteiger partial charge in [0, 0.05) is 22.1 Å². The molecule has 0 bridgehead atoms. The summed E-state index contributed by atoms with van der Waals surface area (Å²) in [4.78, 5) is 28.1. The van der Waals surface area contributed by atoms with Gasteiger partial charge in [-0.25, -0.2) is 0 Å². The molecule has 3 aromatic rings. The number of esters is 1. The molecule has 0 saturated carbocycles. The lowest BCUT2D eigenvalue weighted by Gasteiger charge is -2.09. The second kappa shape index (κ2) is 9.27. The Morgan fingerprint density at radius 3 is 2.71 bits per heavy atom. The van der Waals surface area contributed by atoms with Gasteiger partial charge in [-0.05, 0) is 30.7 Å². The van der Waals surface area contributed by atoms with Crippen LogP contribution in [-0.2, 0) is 20.7 Å². The zero-order chi connectivity index (χ0) is 19.9. The highest BCUT2D eigenvalue weighted by Gasteiger charge is 2.13. The quantitative estimate of drug-likeness (QED) is 0.556. The van der Waals surface area contributed by atoms with Crippen molar-refractivity contribution in [2.75, 3.05) is 11.9 Å². The van der Waals surface area contributed by atoms with Crippen LogP contribution in [0, 0.1) is 6.92 Å². The molecule has 0 aliphatic carbocycles. The van der Waals surface area contributed by atoms with Gasteiger partial charge in [0.1, 0.15) is 0 Å². The van der Waals surface area contributed by atoms with E-state index in [9.17, 15) is 9.59 Å². The molecule has 1 heterocycles. The van der Waals surface area contributed by atoms with Gasteiger partial charge in [0.05, 0.1) is 6.42 Å². The van der Waals surface area contributed by atoms with Gasteiger partial charge in [-0.3, -0.25) is 9.59 Å². The SMILES string of the molecule is Cc1cc(Br)ccc1NC(=O)COC(=O)CCc1nc(-c2ccccc2)no1. The van der Waals surface area contributed by atoms with Gasteiger partial charge in [0.25, 0.3) is 5.91 Å². The molecule has 0 atom stereocenters. The molecule has 8 heteroatoms. The van der Waals surface area contributed by atoms with Crippen LogP contribution in [0.1, 0.15) is 17.9 Å². The molecule has 1 amide bonds. The Hall–Kier alpha value is -3.00. The van der Waals surface area contributed by atoms with Gasteiger partial charge >= 0.3 is 5.97 Å². The molecule has 0 fully saturated rings. The molecule has 0 saturated heterocycles. The molecule has 0 aliphatic heterocycles. The van der Waals surface area contributed by atoms with Crippen molar-refractivity contribution >= 4 is 33.5 Å². The summed E-state index contributed by atoms with van der Waals surface area (Å²) < 4.78 is 11.1. The number of aromatic nitrogens is 2. The van der Waals surface area contributed by atoms with E-state index in [1.165, 1.54) is 0 Å². The van der Waals surface area contributed by atoms with Crippen molar-refractivity contribution in [1.82, 2.24) is 10.1 Å². The van der Waals surface area contributed by atoms with Crippen molar-refractivity contribution in [2.45, 2.75) is 19.8 Å². The topological polar surface area (TPSA) is 94.3 Å². The van der Waals surface area contributed by atoms with Crippen LogP contribution in [0.4, 0.5) is 5.69 Å². The fourth-order valence-corrected chi connectivity index (χ4v) is 2.92. The monoisotopic (exact) mass is 443 g/mol. The highest BCUT2D eigenvalue weighted by Crippen LogP contribution is 2.20. The van der Waals surface area contributed by atoms with Crippen LogP contribution < -0.4 is 5.32 Å². The number of hydrogen-bond acceptors (Lipinski definition) is 6. The molecule has 0 aliphatic rings. The van der Waals surface area contributed by atoms with Gasteiger partial charge in [0.15, 0.2) is 6.61 Å². The largest absolute Gasteiger partial charge is 0.456 e. The van der Waals surface area contributed by atoms with E-state index in [0.717, 1.165) is 15.6 Å². The van der Waals surface area contributed by atoms with Crippen molar-refractivity contribution < 1.29 is 18.8 Å². The molecule has 1 aromatic heterocycles. The van der Waals surface area contributed by atoms with Crippen LogP contribution in [0.2, 0.25) is 0 Å². The number of rotatable bonds is 7. The van der Waals surface area contributed by atoms with E-state index in [1.54, 1.807) is 6.07 Å². The van der Waals surface area contributed by atoms with E-state index in [2.05, 4.69) is 31.4 Å². The lowest BCUT2D eigenvalue weighted by molar-refractivity contribution is -0.147. The average Bonchev–Trinajstić information content (AvgIpc) is 3.17. The minimum atomic E-state index is -0.512. The summed E-state index contributed by atoms with van der Waals surface area (Å²) in [6, 6.07) is 14.9. The first-order valence-corrected chi connectivity index (χ1v) is 9.40. The van der Waals surface area contributed by atoms with Crippen LogP contribution >= 0.6 is 15.9 Å². The van der Waals surface area contributed by atoms with Crippen LogP contribution in [0.3, 0.4) is 0 Å². The van der Waals surface area contributed by atoms with Gasteiger partial charge < -0.3 is 14.6 Å². The van der Waals surface area contributed by atoms with Gasteiger partial charge in [-0.1, -0.05) is 51.4 Å². The fourth-order valence-electron chi connectivity index (χ4n) is 2.44. The van der Waals surface area contributed by atoms with Gasteiger partial charge in [-0.15, -0.1) is 0 Å². The lowest BCUT2D eigenvalue weighted by atomic mass is 10.2. The summed E-state index contributed by atoms with van der Waals surface area (Å²) >= 11 is 3.36. The second-order valence-corrected chi connectivity index (χ2v) is 6.96. The number of benzene rings is 2. The standard InChI is InChI=1S/C20H18BrN3O4/c1-13-11-15(21)7-8-16(13)22-17(25)12-27-19(26)10-9-18-23-20(24-28-18)14-5-3-2-4-6-14/h2-8,11H,9-10,12H2,1H3,(H,22,25). The summed E-state index contributed by atoms with van der Waals surface area (Å²) in [5, 5.41) is 6.60. The van der Waals surface area contributed by atoms with Crippen molar-refractivity contribution in [3.05, 3.63) is 64.5 Å². The summed E-state index contributed by atoms with van der Waals surface area (Å²) in [5.41, 5.74) is 2.41. The third-order valence-corrected chi connectivity index (χ3v) is 4.36. The molecule has 144 valence electrons. The molecule has 0 unspecified atom stereocenters. The van der Waals surface area contributed by atoms with Gasteiger partial charge in [-0.2, -0.15) is 4.98 Å². The first-order chi connectivity index (χ1) is 13.5. The number of nitrogens with one attached hydrogen (secondary N) is 1. The van der Waals surface area contributed by atoms with Crippen LogP contribution in [0.25, 0.3) is 11.4 Å². The van der Waals surface area contributed by atoms with E-state index in [1.807, 2.05) is 49.4 Å². The van der Waals surface area contributed by atoms with E-state index in [4.69, 9.17) is 9.26 Å². The Balaban J connectivity index is 1.43. The van der Waals surface area contributed by atoms with Crippen molar-refractivity contribution in [3.63, 3.8) is 0 Å². The molecular weight excluding hydrogens is 426 g/mol. The maximum Gasteiger partial charge on any atom is 0.306 e. The number of halogens is 1. The second-order valence-electron chi connectivity index (χ2n) is 6.05. The Morgan fingerprint density at radius 2 is 1.96 bits per heavy atom. The first kappa shape index (κ1) is 19.8. The van der Waals surface area contributed by atoms with Gasteiger partial charge in [0.2, 0.25) is 11.7 Å². The number of carbonyl (C=O) groups excluding carboxylic acids is 2. The highest BCUT2D eigenvalue weighted by molar-refractivity contribution is 9.10. The number of carbonyl (C=O) groups is 2. The number of aryl methyl sites for hydroxylation is 2. The van der Waals surface area contributed by atoms with Crippen LogP contribution in [0.5, 0.6) is 0 Å². The zero-order valence-corrected chi connectivity index (χ0v) is 16.7. The molecule has 7 nitrogen and oxygen atoms in total. The molecule has 3 rings (SSSR count). The third-order valence-electron chi connectivity index (χ3n) is 3.87. The van der Waals surface area contributed by atoms with Crippen LogP contribution in [-0.4, -0.2) is 28.6 Å². The van der Waals surface area contributed by atoms with Crippen molar-refractivity contribution in [3.8, 4) is 11.4 Å². The molecule has 2 aromatic carbocycles. The Morgan fingerprint density at radius 1 is 1.18 bits per heavy atom. The minimum absolute atomic E-state index is 0.0427. The molecular formula is C20H18BrN3O4. The summed E-state index contributed by atoms with van der Waals surface area (Å²) in [6.07, 6.45) is 0.285. The maximum absolute atomic E-state index is 11.9. The number of amides is 1. The van der Waals surface area contributed by atoms with Crippen molar-refractivity contribution in [1.29, 1.82) is 0 Å².